The van der Waals surface area contributed by atoms with E-state index >= 15 is 0 Å². The van der Waals surface area contributed by atoms with Gasteiger partial charge in [-0.1, -0.05) is 141 Å². The molecule has 300 valence electrons. The van der Waals surface area contributed by atoms with Gasteiger partial charge in [-0.15, -0.1) is 0 Å². The topological polar surface area (TPSA) is 94.1 Å². The Morgan fingerprint density at radius 2 is 1.10 bits per heavy atom. The highest BCUT2D eigenvalue weighted by Gasteiger charge is 2.20. The third kappa shape index (κ3) is 39.6. The first-order chi connectivity index (χ1) is 24.6. The van der Waals surface area contributed by atoms with Gasteiger partial charge in [0.1, 0.15) is 19.8 Å². The number of phosphoric acid groups is 1. The number of phosphoric ester groups is 1. The highest BCUT2D eigenvalue weighted by atomic mass is 31.2. The van der Waals surface area contributed by atoms with E-state index in [1.807, 2.05) is 27.2 Å². The maximum absolute atomic E-state index is 12.6. The van der Waals surface area contributed by atoms with Crippen LogP contribution in [0, 0.1) is 0 Å². The third-order valence-corrected chi connectivity index (χ3v) is 9.72. The van der Waals surface area contributed by atoms with Gasteiger partial charge in [-0.05, 0) is 57.4 Å². The Bertz CT molecular complexity index is 915. The zero-order valence-corrected chi connectivity index (χ0v) is 34.7. The Morgan fingerprint density at radius 3 is 1.65 bits per heavy atom. The molecule has 0 spiro atoms. The number of likely N-dealkylation sites (N-methyl/N-ethyl adjacent to an activating group) is 1. The summed E-state index contributed by atoms with van der Waals surface area (Å²) >= 11 is 0. The van der Waals surface area contributed by atoms with Crippen molar-refractivity contribution >= 4 is 13.8 Å². The van der Waals surface area contributed by atoms with Gasteiger partial charge in [0.25, 0.3) is 7.82 Å². The lowest BCUT2D eigenvalue weighted by Gasteiger charge is -2.28. The highest BCUT2D eigenvalue weighted by Crippen LogP contribution is 2.38. The minimum absolute atomic E-state index is 0.0138. The van der Waals surface area contributed by atoms with Crippen molar-refractivity contribution in [1.82, 2.24) is 0 Å². The Labute approximate surface area is 315 Å². The number of hydrogen-bond acceptors (Lipinski definition) is 7. The van der Waals surface area contributed by atoms with E-state index < -0.39 is 13.9 Å². The van der Waals surface area contributed by atoms with Crippen LogP contribution < -0.4 is 4.89 Å². The fourth-order valence-corrected chi connectivity index (χ4v) is 6.21. The second-order valence-electron chi connectivity index (χ2n) is 15.1. The van der Waals surface area contributed by atoms with Crippen LogP contribution in [0.25, 0.3) is 0 Å². The maximum atomic E-state index is 12.6. The Kier molecular flexibility index (Phi) is 34.6. The second-order valence-corrected chi connectivity index (χ2v) is 16.5. The van der Waals surface area contributed by atoms with Crippen LogP contribution in [0.1, 0.15) is 174 Å². The molecule has 0 aliphatic rings. The number of ether oxygens (including phenoxy) is 2. The van der Waals surface area contributed by atoms with Gasteiger partial charge < -0.3 is 27.9 Å². The molecule has 0 aromatic heterocycles. The molecule has 0 rings (SSSR count). The predicted octanol–water partition coefficient (Wildman–Crippen LogP) is 11.5. The average molecular weight is 742 g/mol. The fourth-order valence-electron chi connectivity index (χ4n) is 5.48. The minimum atomic E-state index is -4.54. The molecule has 0 aromatic rings. The van der Waals surface area contributed by atoms with E-state index in [0.29, 0.717) is 11.0 Å². The number of unbranched alkanes of at least 4 members (excludes halogenated alkanes) is 20. The summed E-state index contributed by atoms with van der Waals surface area (Å²) in [5.41, 5.74) is 0. The standard InChI is InChI=1S/C42H80NO7P/c1-6-8-10-12-14-16-18-20-22-23-25-27-29-31-33-35-42(44)50-41(40-49-51(45,46)48-38-36-43(3,4)5)39-47-37-34-32-30-28-26-24-21-19-17-15-13-11-9-7-2/h14,16,20,22,34,37,41H,6-13,15,17-19,21,23-33,35-36,38-40H2,1-5H3/b16-14-,22-20-,37-34-/t41-/m1/s1. The molecule has 0 aromatic carbocycles. The van der Waals surface area contributed by atoms with Gasteiger partial charge in [0, 0.05) is 6.42 Å². The lowest BCUT2D eigenvalue weighted by molar-refractivity contribution is -0.870. The summed E-state index contributed by atoms with van der Waals surface area (Å²) in [6.45, 7) is 4.69. The van der Waals surface area contributed by atoms with Gasteiger partial charge >= 0.3 is 5.97 Å². The second kappa shape index (κ2) is 35.6. The number of rotatable bonds is 38. The first-order valence-corrected chi connectivity index (χ1v) is 22.2. The molecule has 9 heteroatoms. The van der Waals surface area contributed by atoms with E-state index in [0.717, 1.165) is 57.8 Å². The van der Waals surface area contributed by atoms with E-state index in [1.165, 1.54) is 96.3 Å². The molecular weight excluding hydrogens is 661 g/mol. The molecule has 0 saturated heterocycles. The molecule has 2 atom stereocenters. The maximum Gasteiger partial charge on any atom is 0.306 e. The minimum Gasteiger partial charge on any atom is -0.756 e. The van der Waals surface area contributed by atoms with Crippen molar-refractivity contribution in [3.05, 3.63) is 36.6 Å². The van der Waals surface area contributed by atoms with Crippen molar-refractivity contribution in [2.45, 2.75) is 180 Å². The van der Waals surface area contributed by atoms with Crippen LogP contribution in [-0.4, -0.2) is 64.1 Å². The molecule has 51 heavy (non-hydrogen) atoms. The van der Waals surface area contributed by atoms with Crippen LogP contribution in [0.15, 0.2) is 36.6 Å². The van der Waals surface area contributed by atoms with Gasteiger partial charge in [-0.2, -0.15) is 0 Å². The Morgan fingerprint density at radius 1 is 0.627 bits per heavy atom. The number of esters is 1. The zero-order valence-electron chi connectivity index (χ0n) is 33.8. The number of carbonyl (C=O) groups is 1. The summed E-state index contributed by atoms with van der Waals surface area (Å²) in [7, 11) is 1.31. The Balaban J connectivity index is 4.35. The highest BCUT2D eigenvalue weighted by molar-refractivity contribution is 7.45. The predicted molar refractivity (Wildman–Crippen MR) is 212 cm³/mol. The van der Waals surface area contributed by atoms with Crippen LogP contribution in [-0.2, 0) is 27.9 Å². The van der Waals surface area contributed by atoms with Crippen LogP contribution in [0.2, 0.25) is 0 Å². The molecule has 0 fully saturated rings. The van der Waals surface area contributed by atoms with Gasteiger partial charge in [0.2, 0.25) is 0 Å². The number of allylic oxidation sites excluding steroid dienone is 5. The summed E-state index contributed by atoms with van der Waals surface area (Å²) in [6, 6.07) is 0. The molecule has 0 bridgehead atoms. The molecule has 0 N–H and O–H groups in total. The van der Waals surface area contributed by atoms with Crippen LogP contribution >= 0.6 is 7.82 Å². The van der Waals surface area contributed by atoms with E-state index in [4.69, 9.17) is 18.5 Å². The lowest BCUT2D eigenvalue weighted by atomic mass is 10.0. The summed E-state index contributed by atoms with van der Waals surface area (Å²) in [5, 5.41) is 0. The van der Waals surface area contributed by atoms with Gasteiger partial charge in [0.05, 0.1) is 34.0 Å². The van der Waals surface area contributed by atoms with Crippen molar-refractivity contribution < 1.29 is 37.3 Å². The molecule has 0 radical (unpaired) electrons. The molecule has 0 amide bonds. The Hall–Kier alpha value is -1.44. The lowest BCUT2D eigenvalue weighted by Crippen LogP contribution is -2.37. The molecule has 0 saturated carbocycles. The average Bonchev–Trinajstić information content (AvgIpc) is 3.08. The largest absolute Gasteiger partial charge is 0.756 e. The smallest absolute Gasteiger partial charge is 0.306 e. The first kappa shape index (κ1) is 49.6. The normalized spacial score (nSPS) is 14.2. The monoisotopic (exact) mass is 742 g/mol. The SMILES string of the molecule is CCCCC/C=C\C/C=C\CCCCCCCC(=O)O[C@H](CO/C=C\CCCCCCCCCCCCCC)COP(=O)([O-])OCC[N+](C)(C)C. The molecule has 0 aliphatic carbocycles. The number of carbonyl (C=O) groups excluding carboxylic acids is 1. The van der Waals surface area contributed by atoms with Gasteiger partial charge in [0.15, 0.2) is 6.10 Å². The number of nitrogens with zero attached hydrogens (tertiary/aromatic N) is 1. The van der Waals surface area contributed by atoms with Crippen LogP contribution in [0.5, 0.6) is 0 Å². The summed E-state index contributed by atoms with van der Waals surface area (Å²) < 4.78 is 34.2. The third-order valence-electron chi connectivity index (χ3n) is 8.76. The van der Waals surface area contributed by atoms with E-state index in [2.05, 4.69) is 38.2 Å². The van der Waals surface area contributed by atoms with E-state index in [1.54, 1.807) is 6.26 Å². The molecule has 1 unspecified atom stereocenters. The van der Waals surface area contributed by atoms with Crippen LogP contribution in [0.3, 0.4) is 0 Å². The number of quaternary nitrogens is 1. The molecule has 8 nitrogen and oxygen atoms in total. The molecular formula is C42H80NO7P. The van der Waals surface area contributed by atoms with Gasteiger partial charge in [-0.3, -0.25) is 9.36 Å². The van der Waals surface area contributed by atoms with Crippen LogP contribution in [0.4, 0.5) is 0 Å². The van der Waals surface area contributed by atoms with Crippen molar-refractivity contribution in [2.75, 3.05) is 47.5 Å². The molecule has 0 aliphatic heterocycles. The van der Waals surface area contributed by atoms with E-state index in [9.17, 15) is 14.3 Å². The molecule has 0 heterocycles. The zero-order chi connectivity index (χ0) is 37.7. The van der Waals surface area contributed by atoms with E-state index in [-0.39, 0.29) is 32.2 Å². The number of hydrogen-bond donors (Lipinski definition) is 0. The van der Waals surface area contributed by atoms with Crippen molar-refractivity contribution in [2.24, 2.45) is 0 Å². The summed E-state index contributed by atoms with van der Waals surface area (Å²) in [4.78, 5) is 25.0. The fraction of sp³-hybridized carbons (Fsp3) is 0.833. The summed E-state index contributed by atoms with van der Waals surface area (Å²) in [6.07, 6.45) is 41.0. The van der Waals surface area contributed by atoms with Crippen molar-refractivity contribution in [3.63, 3.8) is 0 Å². The van der Waals surface area contributed by atoms with Gasteiger partial charge in [-0.25, -0.2) is 0 Å². The van der Waals surface area contributed by atoms with Crippen molar-refractivity contribution in [3.8, 4) is 0 Å². The summed E-state index contributed by atoms with van der Waals surface area (Å²) in [5.74, 6) is -0.370. The first-order valence-electron chi connectivity index (χ1n) is 20.8. The van der Waals surface area contributed by atoms with Crippen molar-refractivity contribution in [1.29, 1.82) is 0 Å². The quantitative estimate of drug-likeness (QED) is 0.0155.